The molecule has 2 rings (SSSR count). The highest BCUT2D eigenvalue weighted by Gasteiger charge is 2.35. The maximum Gasteiger partial charge on any atom is 0.338 e. The summed E-state index contributed by atoms with van der Waals surface area (Å²) >= 11 is 0. The molecule has 152 valence electrons. The third kappa shape index (κ3) is 5.37. The number of carboxylic acid groups (broad SMARTS) is 1. The Morgan fingerprint density at radius 2 is 1.61 bits per heavy atom. The maximum absolute atomic E-state index is 12.3. The summed E-state index contributed by atoms with van der Waals surface area (Å²) < 4.78 is 5.49. The number of carboxylic acids is 1. The molecule has 0 radical (unpaired) electrons. The second-order valence-electron chi connectivity index (χ2n) is 6.47. The van der Waals surface area contributed by atoms with Crippen molar-refractivity contribution in [2.45, 2.75) is 31.9 Å². The van der Waals surface area contributed by atoms with Crippen LogP contribution < -0.4 is 5.73 Å². The van der Waals surface area contributed by atoms with Crippen molar-refractivity contribution in [3.63, 3.8) is 0 Å². The summed E-state index contributed by atoms with van der Waals surface area (Å²) in [5.74, 6) is -3.68. The van der Waals surface area contributed by atoms with E-state index >= 15 is 0 Å². The molecule has 2 aromatic rings. The van der Waals surface area contributed by atoms with Gasteiger partial charge in [0.15, 0.2) is 11.5 Å². The second kappa shape index (κ2) is 9.96. The van der Waals surface area contributed by atoms with Gasteiger partial charge in [-0.2, -0.15) is 0 Å². The summed E-state index contributed by atoms with van der Waals surface area (Å²) in [5, 5.41) is 28.6. The Kier molecular flexibility index (Phi) is 8.28. The monoisotopic (exact) mass is 409 g/mol. The lowest BCUT2D eigenvalue weighted by atomic mass is 9.79. The molecule has 0 bridgehead atoms. The smallest absolute Gasteiger partial charge is 0.338 e. The van der Waals surface area contributed by atoms with Gasteiger partial charge in [0.25, 0.3) is 0 Å². The largest absolute Gasteiger partial charge is 0.504 e. The van der Waals surface area contributed by atoms with Gasteiger partial charge in [-0.3, -0.25) is 4.79 Å². The van der Waals surface area contributed by atoms with Crippen molar-refractivity contribution in [2.24, 2.45) is 11.7 Å². The summed E-state index contributed by atoms with van der Waals surface area (Å²) in [5.41, 5.74) is 6.69. The summed E-state index contributed by atoms with van der Waals surface area (Å²) in [7, 11) is 0. The molecule has 0 saturated carbocycles. The van der Waals surface area contributed by atoms with Crippen LogP contribution in [-0.2, 0) is 9.53 Å². The zero-order valence-electron chi connectivity index (χ0n) is 15.5. The molecule has 2 aromatic carbocycles. The Hall–Kier alpha value is -2.77. The van der Waals surface area contributed by atoms with Gasteiger partial charge < -0.3 is 25.8 Å². The lowest BCUT2D eigenvalue weighted by Gasteiger charge is -2.31. The predicted octanol–water partition coefficient (Wildman–Crippen LogP) is 2.90. The van der Waals surface area contributed by atoms with Crippen LogP contribution in [0.25, 0.3) is 0 Å². The van der Waals surface area contributed by atoms with E-state index < -0.39 is 35.9 Å². The number of phenolic OH excluding ortho intramolecular Hbond substituents is 2. The SMILES string of the molecule is CC(OC(=O)c1ccccc1)[C@H](C)C(c1ccc(O)c(O)c1)[C@H](N)C(=O)O.Cl. The zero-order valence-corrected chi connectivity index (χ0v) is 16.3. The molecule has 0 aliphatic rings. The van der Waals surface area contributed by atoms with Crippen LogP contribution in [0.5, 0.6) is 11.5 Å². The Bertz CT molecular complexity index is 814. The van der Waals surface area contributed by atoms with Gasteiger partial charge in [-0.25, -0.2) is 4.79 Å². The molecule has 0 aliphatic heterocycles. The third-order valence-corrected chi connectivity index (χ3v) is 4.67. The molecule has 0 fully saturated rings. The molecular formula is C20H24ClNO6. The fourth-order valence-electron chi connectivity index (χ4n) is 2.95. The molecule has 4 atom stereocenters. The van der Waals surface area contributed by atoms with Gasteiger partial charge >= 0.3 is 11.9 Å². The molecule has 0 heterocycles. The van der Waals surface area contributed by atoms with Gasteiger partial charge in [0.05, 0.1) is 5.56 Å². The number of benzene rings is 2. The molecule has 0 saturated heterocycles. The summed E-state index contributed by atoms with van der Waals surface area (Å²) in [6, 6.07) is 11.2. The molecule has 28 heavy (non-hydrogen) atoms. The Labute approximate surface area is 169 Å². The molecule has 0 amide bonds. The van der Waals surface area contributed by atoms with E-state index in [1.54, 1.807) is 44.2 Å². The number of ether oxygens (including phenoxy) is 1. The molecule has 0 aliphatic carbocycles. The molecule has 8 heteroatoms. The van der Waals surface area contributed by atoms with E-state index in [2.05, 4.69) is 0 Å². The highest BCUT2D eigenvalue weighted by molar-refractivity contribution is 5.89. The molecule has 5 N–H and O–H groups in total. The van der Waals surface area contributed by atoms with Crippen LogP contribution in [0, 0.1) is 5.92 Å². The standard InChI is InChI=1S/C20H23NO6.ClH/c1-11(12(2)27-20(26)13-6-4-3-5-7-13)17(18(21)19(24)25)14-8-9-15(22)16(23)10-14;/h3-12,17-18,22-23H,21H2,1-2H3,(H,24,25);1H/t11-,12?,17?,18-;/m0./s1. The fraction of sp³-hybridized carbons (Fsp3) is 0.300. The first-order valence-electron chi connectivity index (χ1n) is 8.48. The number of rotatable bonds is 7. The van der Waals surface area contributed by atoms with Crippen molar-refractivity contribution in [3.05, 3.63) is 59.7 Å². The van der Waals surface area contributed by atoms with E-state index in [1.807, 2.05) is 0 Å². The van der Waals surface area contributed by atoms with Crippen LogP contribution >= 0.6 is 12.4 Å². The number of carbonyl (C=O) groups is 2. The van der Waals surface area contributed by atoms with Crippen molar-refractivity contribution < 1.29 is 29.6 Å². The molecule has 7 nitrogen and oxygen atoms in total. The average Bonchev–Trinajstić information content (AvgIpc) is 2.65. The van der Waals surface area contributed by atoms with Crippen molar-refractivity contribution in [3.8, 4) is 11.5 Å². The number of aliphatic carboxylic acids is 1. The topological polar surface area (TPSA) is 130 Å². The van der Waals surface area contributed by atoms with Crippen LogP contribution in [-0.4, -0.2) is 39.4 Å². The lowest BCUT2D eigenvalue weighted by Crippen LogP contribution is -2.42. The first-order chi connectivity index (χ1) is 12.7. The van der Waals surface area contributed by atoms with Crippen LogP contribution in [0.15, 0.2) is 48.5 Å². The maximum atomic E-state index is 12.3. The molecule has 2 unspecified atom stereocenters. The summed E-state index contributed by atoms with van der Waals surface area (Å²) in [6.45, 7) is 3.38. The molecule has 0 aromatic heterocycles. The van der Waals surface area contributed by atoms with Gasteiger partial charge in [0, 0.05) is 11.8 Å². The second-order valence-corrected chi connectivity index (χ2v) is 6.47. The normalized spacial score (nSPS) is 14.8. The number of aromatic hydroxyl groups is 2. The Balaban J connectivity index is 0.00000392. The number of esters is 1. The van der Waals surface area contributed by atoms with E-state index in [-0.39, 0.29) is 23.9 Å². The first kappa shape index (κ1) is 23.3. The zero-order chi connectivity index (χ0) is 20.1. The molecular weight excluding hydrogens is 386 g/mol. The minimum atomic E-state index is -1.29. The lowest BCUT2D eigenvalue weighted by molar-refractivity contribution is -0.139. The van der Waals surface area contributed by atoms with E-state index in [4.69, 9.17) is 10.5 Å². The number of hydrogen-bond acceptors (Lipinski definition) is 6. The van der Waals surface area contributed by atoms with Crippen molar-refractivity contribution >= 4 is 24.3 Å². The van der Waals surface area contributed by atoms with E-state index in [0.717, 1.165) is 0 Å². The number of phenols is 2. The number of carbonyl (C=O) groups excluding carboxylic acids is 1. The van der Waals surface area contributed by atoms with Crippen LogP contribution in [0.3, 0.4) is 0 Å². The average molecular weight is 410 g/mol. The Morgan fingerprint density at radius 1 is 1.00 bits per heavy atom. The fourth-order valence-corrected chi connectivity index (χ4v) is 2.95. The highest BCUT2D eigenvalue weighted by Crippen LogP contribution is 2.35. The summed E-state index contributed by atoms with van der Waals surface area (Å²) in [6.07, 6.45) is -0.649. The van der Waals surface area contributed by atoms with Gasteiger partial charge in [0.2, 0.25) is 0 Å². The van der Waals surface area contributed by atoms with Crippen LogP contribution in [0.4, 0.5) is 0 Å². The van der Waals surface area contributed by atoms with Crippen molar-refractivity contribution in [1.82, 2.24) is 0 Å². The van der Waals surface area contributed by atoms with Gasteiger partial charge in [-0.1, -0.05) is 31.2 Å². The van der Waals surface area contributed by atoms with E-state index in [1.165, 1.54) is 18.2 Å². The first-order valence-corrected chi connectivity index (χ1v) is 8.48. The van der Waals surface area contributed by atoms with Gasteiger partial charge in [0.1, 0.15) is 12.1 Å². The molecule has 0 spiro atoms. The number of hydrogen-bond donors (Lipinski definition) is 4. The minimum Gasteiger partial charge on any atom is -0.504 e. The highest BCUT2D eigenvalue weighted by atomic mass is 35.5. The quantitative estimate of drug-likeness (QED) is 0.408. The van der Waals surface area contributed by atoms with E-state index in [0.29, 0.717) is 11.1 Å². The van der Waals surface area contributed by atoms with Gasteiger partial charge in [-0.15, -0.1) is 12.4 Å². The number of halogens is 1. The van der Waals surface area contributed by atoms with Gasteiger partial charge in [-0.05, 0) is 36.8 Å². The third-order valence-electron chi connectivity index (χ3n) is 4.67. The van der Waals surface area contributed by atoms with Crippen LogP contribution in [0.1, 0.15) is 35.7 Å². The predicted molar refractivity (Wildman–Crippen MR) is 106 cm³/mol. The van der Waals surface area contributed by atoms with Crippen LogP contribution in [0.2, 0.25) is 0 Å². The van der Waals surface area contributed by atoms with E-state index in [9.17, 15) is 24.9 Å². The minimum absolute atomic E-state index is 0. The summed E-state index contributed by atoms with van der Waals surface area (Å²) in [4.78, 5) is 23.8. The Morgan fingerprint density at radius 3 is 2.14 bits per heavy atom. The number of nitrogens with two attached hydrogens (primary N) is 1. The van der Waals surface area contributed by atoms with Crippen molar-refractivity contribution in [2.75, 3.05) is 0 Å². The van der Waals surface area contributed by atoms with Crippen molar-refractivity contribution in [1.29, 1.82) is 0 Å².